The van der Waals surface area contributed by atoms with E-state index in [9.17, 15) is 4.79 Å². The predicted molar refractivity (Wildman–Crippen MR) is 83.2 cm³/mol. The molecule has 116 valence electrons. The highest BCUT2D eigenvalue weighted by atomic mass is 16.4. The number of aromatic nitrogens is 1. The number of hydrogen-bond donors (Lipinski definition) is 1. The molecule has 2 aromatic rings. The second-order valence-corrected chi connectivity index (χ2v) is 5.70. The molecule has 1 fully saturated rings. The van der Waals surface area contributed by atoms with Crippen LogP contribution >= 0.6 is 0 Å². The number of amides is 1. The second-order valence-electron chi connectivity index (χ2n) is 5.70. The van der Waals surface area contributed by atoms with Gasteiger partial charge in [-0.3, -0.25) is 9.69 Å². The second kappa shape index (κ2) is 6.32. The van der Waals surface area contributed by atoms with Crippen molar-refractivity contribution in [3.05, 3.63) is 53.2 Å². The van der Waals surface area contributed by atoms with Crippen molar-refractivity contribution in [2.75, 3.05) is 13.1 Å². The third-order valence-electron chi connectivity index (χ3n) is 4.14. The molecule has 0 saturated carbocycles. The minimum atomic E-state index is 0.0520. The molecule has 5 heteroatoms. The molecule has 1 aliphatic rings. The number of nitrogens with one attached hydrogen (secondary N) is 1. The fourth-order valence-electron chi connectivity index (χ4n) is 2.85. The van der Waals surface area contributed by atoms with E-state index in [2.05, 4.69) is 27.3 Å². The van der Waals surface area contributed by atoms with Gasteiger partial charge < -0.3 is 9.73 Å². The summed E-state index contributed by atoms with van der Waals surface area (Å²) in [5, 5.41) is 2.94. The number of nitrogens with zero attached hydrogens (tertiary/aromatic N) is 2. The van der Waals surface area contributed by atoms with E-state index < -0.39 is 0 Å². The van der Waals surface area contributed by atoms with Gasteiger partial charge >= 0.3 is 0 Å². The minimum absolute atomic E-state index is 0.0520. The van der Waals surface area contributed by atoms with E-state index in [0.29, 0.717) is 25.4 Å². The Morgan fingerprint density at radius 1 is 1.32 bits per heavy atom. The maximum Gasteiger partial charge on any atom is 0.221 e. The first-order chi connectivity index (χ1) is 10.6. The Morgan fingerprint density at radius 3 is 2.77 bits per heavy atom. The van der Waals surface area contributed by atoms with Crippen molar-refractivity contribution in [2.24, 2.45) is 0 Å². The highest BCUT2D eigenvalue weighted by molar-refractivity contribution is 5.77. The lowest BCUT2D eigenvalue weighted by molar-refractivity contribution is -0.121. The van der Waals surface area contributed by atoms with Crippen molar-refractivity contribution < 1.29 is 9.21 Å². The molecular formula is C17H21N3O2. The lowest BCUT2D eigenvalue weighted by atomic mass is 10.0. The first-order valence-electron chi connectivity index (χ1n) is 7.62. The lowest BCUT2D eigenvalue weighted by Crippen LogP contribution is -2.30. The van der Waals surface area contributed by atoms with Crippen LogP contribution in [-0.2, 0) is 11.3 Å². The smallest absolute Gasteiger partial charge is 0.221 e. The van der Waals surface area contributed by atoms with E-state index in [1.807, 2.05) is 32.0 Å². The monoisotopic (exact) mass is 299 g/mol. The van der Waals surface area contributed by atoms with Crippen molar-refractivity contribution in [2.45, 2.75) is 32.9 Å². The highest BCUT2D eigenvalue weighted by Gasteiger charge is 2.27. The molecule has 1 aromatic heterocycles. The number of rotatable bonds is 3. The molecule has 1 amide bonds. The van der Waals surface area contributed by atoms with Crippen molar-refractivity contribution >= 4 is 5.91 Å². The quantitative estimate of drug-likeness (QED) is 0.945. The molecule has 0 spiro atoms. The van der Waals surface area contributed by atoms with Crippen LogP contribution in [0.1, 0.15) is 35.4 Å². The number of hydrogen-bond acceptors (Lipinski definition) is 4. The average molecular weight is 299 g/mol. The largest absolute Gasteiger partial charge is 0.444 e. The lowest BCUT2D eigenvalue weighted by Gasteiger charge is -2.28. The van der Waals surface area contributed by atoms with Gasteiger partial charge in [-0.1, -0.05) is 30.3 Å². The van der Waals surface area contributed by atoms with Crippen LogP contribution in [-0.4, -0.2) is 28.9 Å². The topological polar surface area (TPSA) is 58.4 Å². The molecule has 2 heterocycles. The Bertz CT molecular complexity index is 632. The van der Waals surface area contributed by atoms with Crippen LogP contribution < -0.4 is 5.32 Å². The van der Waals surface area contributed by atoms with Crippen molar-refractivity contribution in [3.63, 3.8) is 0 Å². The Labute approximate surface area is 130 Å². The molecule has 1 aromatic carbocycles. The van der Waals surface area contributed by atoms with Crippen LogP contribution in [0.3, 0.4) is 0 Å². The van der Waals surface area contributed by atoms with Crippen LogP contribution in [0.2, 0.25) is 0 Å². The molecule has 3 rings (SSSR count). The maximum absolute atomic E-state index is 11.9. The zero-order valence-electron chi connectivity index (χ0n) is 13.0. The Kier molecular flexibility index (Phi) is 4.24. The normalized spacial score (nSPS) is 19.7. The minimum Gasteiger partial charge on any atom is -0.444 e. The Morgan fingerprint density at radius 2 is 2.09 bits per heavy atom. The van der Waals surface area contributed by atoms with Gasteiger partial charge in [0.05, 0.1) is 12.2 Å². The van der Waals surface area contributed by atoms with Gasteiger partial charge in [0, 0.05) is 25.6 Å². The summed E-state index contributed by atoms with van der Waals surface area (Å²) in [5.74, 6) is 1.66. The van der Waals surface area contributed by atoms with Gasteiger partial charge in [-0.15, -0.1) is 0 Å². The summed E-state index contributed by atoms with van der Waals surface area (Å²) < 4.78 is 5.71. The van der Waals surface area contributed by atoms with E-state index in [1.165, 1.54) is 0 Å². The summed E-state index contributed by atoms with van der Waals surface area (Å²) in [6.45, 7) is 5.92. The fourth-order valence-corrected chi connectivity index (χ4v) is 2.85. The number of aryl methyl sites for hydroxylation is 2. The molecule has 0 unspecified atom stereocenters. The standard InChI is InChI=1S/C17H21N3O2/c1-12-13(2)22-17(19-12)11-20-9-8-18-16(21)10-15(20)14-6-4-3-5-7-14/h3-7,15H,8-11H2,1-2H3,(H,18,21)/t15-/m0/s1. The van der Waals surface area contributed by atoms with Gasteiger partial charge in [0.15, 0.2) is 0 Å². The summed E-state index contributed by atoms with van der Waals surface area (Å²) in [6.07, 6.45) is 0.461. The highest BCUT2D eigenvalue weighted by Crippen LogP contribution is 2.27. The third kappa shape index (κ3) is 3.20. The van der Waals surface area contributed by atoms with Gasteiger partial charge in [0.1, 0.15) is 5.76 Å². The van der Waals surface area contributed by atoms with Crippen molar-refractivity contribution in [1.82, 2.24) is 15.2 Å². The van der Waals surface area contributed by atoms with Crippen LogP contribution in [0, 0.1) is 13.8 Å². The molecule has 22 heavy (non-hydrogen) atoms. The number of benzene rings is 1. The first kappa shape index (κ1) is 14.8. The Balaban J connectivity index is 1.86. The van der Waals surface area contributed by atoms with Gasteiger partial charge in [-0.25, -0.2) is 4.98 Å². The van der Waals surface area contributed by atoms with Gasteiger partial charge in [0.2, 0.25) is 11.8 Å². The number of oxazole rings is 1. The zero-order chi connectivity index (χ0) is 15.5. The summed E-state index contributed by atoms with van der Waals surface area (Å²) in [5.41, 5.74) is 2.08. The Hall–Kier alpha value is -2.14. The third-order valence-corrected chi connectivity index (χ3v) is 4.14. The molecule has 0 bridgehead atoms. The maximum atomic E-state index is 11.9. The number of carbonyl (C=O) groups is 1. The molecular weight excluding hydrogens is 278 g/mol. The van der Waals surface area contributed by atoms with E-state index in [-0.39, 0.29) is 11.9 Å². The summed E-state index contributed by atoms with van der Waals surface area (Å²) in [6, 6.07) is 10.2. The molecule has 0 aliphatic carbocycles. The van der Waals surface area contributed by atoms with Crippen LogP contribution in [0.4, 0.5) is 0 Å². The molecule has 1 atom stereocenters. The number of carbonyl (C=O) groups excluding carboxylic acids is 1. The van der Waals surface area contributed by atoms with Crippen molar-refractivity contribution in [3.8, 4) is 0 Å². The molecule has 5 nitrogen and oxygen atoms in total. The first-order valence-corrected chi connectivity index (χ1v) is 7.62. The van der Waals surface area contributed by atoms with Gasteiger partial charge in [0.25, 0.3) is 0 Å². The molecule has 1 N–H and O–H groups in total. The van der Waals surface area contributed by atoms with E-state index in [4.69, 9.17) is 4.42 Å². The summed E-state index contributed by atoms with van der Waals surface area (Å²) in [7, 11) is 0. The van der Waals surface area contributed by atoms with Gasteiger partial charge in [-0.2, -0.15) is 0 Å². The predicted octanol–water partition coefficient (Wildman–Crippen LogP) is 2.35. The zero-order valence-corrected chi connectivity index (χ0v) is 13.0. The SMILES string of the molecule is Cc1nc(CN2CCNC(=O)C[C@H]2c2ccccc2)oc1C. The summed E-state index contributed by atoms with van der Waals surface area (Å²) >= 11 is 0. The molecule has 0 radical (unpaired) electrons. The molecule has 1 saturated heterocycles. The van der Waals surface area contributed by atoms with Gasteiger partial charge in [-0.05, 0) is 19.4 Å². The average Bonchev–Trinajstić information content (AvgIpc) is 2.71. The summed E-state index contributed by atoms with van der Waals surface area (Å²) in [4.78, 5) is 18.7. The van der Waals surface area contributed by atoms with Crippen LogP contribution in [0.25, 0.3) is 0 Å². The van der Waals surface area contributed by atoms with Crippen LogP contribution in [0.15, 0.2) is 34.7 Å². The van der Waals surface area contributed by atoms with E-state index in [0.717, 1.165) is 23.6 Å². The molecule has 1 aliphatic heterocycles. The van der Waals surface area contributed by atoms with Crippen LogP contribution in [0.5, 0.6) is 0 Å². The van der Waals surface area contributed by atoms with E-state index in [1.54, 1.807) is 0 Å². The fraction of sp³-hybridized carbons (Fsp3) is 0.412. The van der Waals surface area contributed by atoms with Crippen molar-refractivity contribution in [1.29, 1.82) is 0 Å². The van der Waals surface area contributed by atoms with E-state index >= 15 is 0 Å².